The Balaban J connectivity index is 2.90. The van der Waals surface area contributed by atoms with Crippen LogP contribution >= 0.6 is 0 Å². The van der Waals surface area contributed by atoms with Gasteiger partial charge in [0, 0.05) is 0 Å². The fraction of sp³-hybridized carbons (Fsp3) is 0.846. The first-order chi connectivity index (χ1) is 8.08. The normalized spacial score (nSPS) is 33.4. The van der Waals surface area contributed by atoms with Crippen LogP contribution in [0.4, 0.5) is 0 Å². The molecule has 1 heterocycles. The highest BCUT2D eigenvalue weighted by Gasteiger charge is 2.53. The van der Waals surface area contributed by atoms with Crippen LogP contribution in [0.5, 0.6) is 0 Å². The summed E-state index contributed by atoms with van der Waals surface area (Å²) in [6, 6.07) is 0. The van der Waals surface area contributed by atoms with Crippen LogP contribution < -0.4 is 0 Å². The Hall–Kier alpha value is -0.383. The van der Waals surface area contributed by atoms with Crippen molar-refractivity contribution in [3.05, 3.63) is 0 Å². The van der Waals surface area contributed by atoms with Crippen molar-refractivity contribution in [2.24, 2.45) is 0 Å². The summed E-state index contributed by atoms with van der Waals surface area (Å²) in [5.74, 6) is 2.33. The summed E-state index contributed by atoms with van der Waals surface area (Å²) in [4.78, 5) is 0. The lowest BCUT2D eigenvalue weighted by molar-refractivity contribution is -0.0488. The van der Waals surface area contributed by atoms with Gasteiger partial charge in [0.2, 0.25) is 0 Å². The summed E-state index contributed by atoms with van der Waals surface area (Å²) >= 11 is 0. The van der Waals surface area contributed by atoms with Crippen LogP contribution in [0.25, 0.3) is 0 Å². The average Bonchev–Trinajstić information content (AvgIpc) is 2.54. The molecule has 4 nitrogen and oxygen atoms in total. The summed E-state index contributed by atoms with van der Waals surface area (Å²) in [6.07, 6.45) is 4.06. The second kappa shape index (κ2) is 4.95. The maximum Gasteiger partial charge on any atom is 0.192 e. The van der Waals surface area contributed by atoms with E-state index in [1.54, 1.807) is 0 Å². The Morgan fingerprint density at radius 2 is 2.06 bits per heavy atom. The maximum atomic E-state index is 10.4. The summed E-state index contributed by atoms with van der Waals surface area (Å²) < 4.78 is 11.4. The molecule has 0 bridgehead atoms. The first kappa shape index (κ1) is 15.7. The van der Waals surface area contributed by atoms with Gasteiger partial charge in [-0.3, -0.25) is 0 Å². The molecule has 1 rings (SSSR count). The van der Waals surface area contributed by atoms with Gasteiger partial charge in [-0.15, -0.1) is 6.42 Å². The number of aliphatic hydroxyl groups excluding tert-OH is 1. The molecule has 0 radical (unpaired) electrons. The monoisotopic (exact) mass is 272 g/mol. The van der Waals surface area contributed by atoms with E-state index in [4.69, 9.17) is 15.6 Å². The number of ether oxygens (including phenoxy) is 1. The van der Waals surface area contributed by atoms with Crippen LogP contribution in [0.15, 0.2) is 0 Å². The molecule has 1 aliphatic rings. The number of aliphatic hydroxyl groups is 2. The van der Waals surface area contributed by atoms with Crippen molar-refractivity contribution < 1.29 is 19.4 Å². The van der Waals surface area contributed by atoms with Gasteiger partial charge in [0.1, 0.15) is 12.2 Å². The van der Waals surface area contributed by atoms with E-state index in [0.29, 0.717) is 0 Å². The maximum absolute atomic E-state index is 10.4. The van der Waals surface area contributed by atoms with Crippen LogP contribution in [0, 0.1) is 12.3 Å². The minimum atomic E-state index is -2.03. The van der Waals surface area contributed by atoms with Crippen LogP contribution in [-0.2, 0) is 9.16 Å². The molecule has 0 aromatic heterocycles. The van der Waals surface area contributed by atoms with Crippen LogP contribution in [0.2, 0.25) is 18.1 Å². The topological polar surface area (TPSA) is 58.9 Å². The van der Waals surface area contributed by atoms with E-state index < -0.39 is 26.1 Å². The fourth-order valence-electron chi connectivity index (χ4n) is 1.70. The van der Waals surface area contributed by atoms with E-state index in [1.807, 2.05) is 0 Å². The molecule has 0 aliphatic carbocycles. The van der Waals surface area contributed by atoms with Gasteiger partial charge < -0.3 is 19.4 Å². The zero-order valence-electron chi connectivity index (χ0n) is 11.9. The minimum Gasteiger partial charge on any atom is -0.407 e. The Kier molecular flexibility index (Phi) is 4.31. The highest BCUT2D eigenvalue weighted by atomic mass is 28.4. The van der Waals surface area contributed by atoms with E-state index >= 15 is 0 Å². The number of rotatable bonds is 3. The second-order valence-electron chi connectivity index (χ2n) is 6.34. The van der Waals surface area contributed by atoms with Crippen molar-refractivity contribution in [3.8, 4) is 12.3 Å². The second-order valence-corrected chi connectivity index (χ2v) is 11.1. The van der Waals surface area contributed by atoms with Crippen molar-refractivity contribution in [2.75, 3.05) is 13.2 Å². The quantitative estimate of drug-likeness (QED) is 0.597. The number of hydrogen-bond acceptors (Lipinski definition) is 4. The van der Waals surface area contributed by atoms with Gasteiger partial charge in [0.05, 0.1) is 13.2 Å². The molecule has 0 spiro atoms. The molecule has 1 fully saturated rings. The predicted molar refractivity (Wildman–Crippen MR) is 72.7 cm³/mol. The number of terminal acetylenes is 1. The zero-order chi connectivity index (χ0) is 14.2. The molecule has 2 N–H and O–H groups in total. The van der Waals surface area contributed by atoms with Crippen molar-refractivity contribution in [1.29, 1.82) is 0 Å². The van der Waals surface area contributed by atoms with E-state index in [0.717, 1.165) is 0 Å². The first-order valence-electron chi connectivity index (χ1n) is 6.19. The third-order valence-corrected chi connectivity index (χ3v) is 8.56. The smallest absolute Gasteiger partial charge is 0.192 e. The highest BCUT2D eigenvalue weighted by Crippen LogP contribution is 2.40. The molecule has 104 valence electrons. The minimum absolute atomic E-state index is 0.0276. The fourth-order valence-corrected chi connectivity index (χ4v) is 3.01. The summed E-state index contributed by atoms with van der Waals surface area (Å²) in [5.41, 5.74) is -1.54. The molecule has 0 unspecified atom stereocenters. The molecule has 5 heteroatoms. The standard InChI is InChI=1S/C13H24O4Si/c1-7-13(15)10(8-14)16-9-11(13)17-18(5,6)12(2,3)4/h1,10-11,14-15H,8-9H2,2-6H3/t10-,11+,13-/m1/s1. The van der Waals surface area contributed by atoms with E-state index in [9.17, 15) is 10.2 Å². The lowest BCUT2D eigenvalue weighted by Gasteiger charge is -2.40. The highest BCUT2D eigenvalue weighted by molar-refractivity contribution is 6.74. The molecule has 1 saturated heterocycles. The molecule has 18 heavy (non-hydrogen) atoms. The first-order valence-corrected chi connectivity index (χ1v) is 9.09. The molecule has 0 aromatic rings. The Morgan fingerprint density at radius 1 is 1.50 bits per heavy atom. The summed E-state index contributed by atoms with van der Waals surface area (Å²) in [7, 11) is -2.03. The summed E-state index contributed by atoms with van der Waals surface area (Å²) in [6.45, 7) is 10.5. The van der Waals surface area contributed by atoms with Crippen molar-refractivity contribution >= 4 is 8.32 Å². The summed E-state index contributed by atoms with van der Waals surface area (Å²) in [5, 5.41) is 19.6. The Labute approximate surface area is 110 Å². The SMILES string of the molecule is C#C[C@]1(O)[C@@H](O[Si](C)(C)C(C)(C)C)CO[C@@H]1CO. The average molecular weight is 272 g/mol. The molecule has 3 atom stereocenters. The van der Waals surface area contributed by atoms with Gasteiger partial charge in [-0.05, 0) is 18.1 Å². The third kappa shape index (κ3) is 2.63. The largest absolute Gasteiger partial charge is 0.407 e. The van der Waals surface area contributed by atoms with E-state index in [2.05, 4.69) is 39.8 Å². The van der Waals surface area contributed by atoms with Gasteiger partial charge in [-0.1, -0.05) is 26.7 Å². The van der Waals surface area contributed by atoms with E-state index in [1.165, 1.54) is 0 Å². The van der Waals surface area contributed by atoms with Gasteiger partial charge in [-0.25, -0.2) is 0 Å². The molecular formula is C13H24O4Si. The molecule has 0 saturated carbocycles. The lowest BCUT2D eigenvalue weighted by atomic mass is 9.95. The van der Waals surface area contributed by atoms with Crippen LogP contribution in [0.3, 0.4) is 0 Å². The van der Waals surface area contributed by atoms with Crippen molar-refractivity contribution in [1.82, 2.24) is 0 Å². The molecule has 0 amide bonds. The van der Waals surface area contributed by atoms with E-state index in [-0.39, 0.29) is 18.3 Å². The van der Waals surface area contributed by atoms with Crippen molar-refractivity contribution in [2.45, 2.75) is 56.7 Å². The third-order valence-electron chi connectivity index (χ3n) is 4.07. The van der Waals surface area contributed by atoms with Crippen molar-refractivity contribution in [3.63, 3.8) is 0 Å². The molecule has 1 aliphatic heterocycles. The van der Waals surface area contributed by atoms with Crippen LogP contribution in [-0.4, -0.2) is 49.6 Å². The van der Waals surface area contributed by atoms with Gasteiger partial charge in [0.15, 0.2) is 13.9 Å². The van der Waals surface area contributed by atoms with Gasteiger partial charge >= 0.3 is 0 Å². The van der Waals surface area contributed by atoms with Gasteiger partial charge in [0.25, 0.3) is 0 Å². The predicted octanol–water partition coefficient (Wildman–Crippen LogP) is 1.13. The van der Waals surface area contributed by atoms with Gasteiger partial charge in [-0.2, -0.15) is 0 Å². The Morgan fingerprint density at radius 3 is 2.44 bits per heavy atom. The number of hydrogen-bond donors (Lipinski definition) is 2. The Bertz CT molecular complexity index is 342. The zero-order valence-corrected chi connectivity index (χ0v) is 12.9. The van der Waals surface area contributed by atoms with Crippen LogP contribution in [0.1, 0.15) is 20.8 Å². The molecule has 0 aromatic carbocycles. The molecular weight excluding hydrogens is 248 g/mol. The lowest BCUT2D eigenvalue weighted by Crippen LogP contribution is -2.54.